The summed E-state index contributed by atoms with van der Waals surface area (Å²) < 4.78 is 0. The molecule has 17 heavy (non-hydrogen) atoms. The fourth-order valence-corrected chi connectivity index (χ4v) is 2.90. The molecule has 1 aliphatic rings. The van der Waals surface area contributed by atoms with Crippen molar-refractivity contribution in [2.45, 2.75) is 58.0 Å². The Labute approximate surface area is 105 Å². The van der Waals surface area contributed by atoms with Crippen molar-refractivity contribution in [2.75, 3.05) is 0 Å². The van der Waals surface area contributed by atoms with Gasteiger partial charge in [-0.25, -0.2) is 0 Å². The van der Waals surface area contributed by atoms with E-state index in [1.54, 1.807) is 0 Å². The van der Waals surface area contributed by atoms with Crippen LogP contribution in [0.4, 0.5) is 0 Å². The van der Waals surface area contributed by atoms with Crippen LogP contribution in [0.15, 0.2) is 24.3 Å². The Bertz CT molecular complexity index is 322. The average Bonchev–Trinajstić information content (AvgIpc) is 2.82. The lowest BCUT2D eigenvalue weighted by atomic mass is 9.95. The van der Waals surface area contributed by atoms with E-state index in [1.807, 2.05) is 0 Å². The maximum atomic E-state index is 10.1. The maximum Gasteiger partial charge on any atom is 0.0583 e. The van der Waals surface area contributed by atoms with Crippen LogP contribution < -0.4 is 0 Å². The molecule has 1 aliphatic carbocycles. The molecule has 0 amide bonds. The van der Waals surface area contributed by atoms with Crippen LogP contribution in [0.5, 0.6) is 0 Å². The summed E-state index contributed by atoms with van der Waals surface area (Å²) in [5, 5.41) is 10.1. The number of hydrogen-bond donors (Lipinski definition) is 1. The van der Waals surface area contributed by atoms with Gasteiger partial charge in [0.1, 0.15) is 0 Å². The molecule has 1 heteroatoms. The van der Waals surface area contributed by atoms with Gasteiger partial charge in [0.25, 0.3) is 0 Å². The molecule has 0 saturated heterocycles. The lowest BCUT2D eigenvalue weighted by Gasteiger charge is -2.15. The van der Waals surface area contributed by atoms with Gasteiger partial charge >= 0.3 is 0 Å². The molecular formula is C16H24O. The number of hydrogen-bond acceptors (Lipinski definition) is 1. The highest BCUT2D eigenvalue weighted by molar-refractivity contribution is 5.22. The highest BCUT2D eigenvalue weighted by Crippen LogP contribution is 2.29. The third-order valence-electron chi connectivity index (χ3n) is 3.98. The lowest BCUT2D eigenvalue weighted by molar-refractivity contribution is 0.143. The maximum absolute atomic E-state index is 10.1. The first-order valence-corrected chi connectivity index (χ1v) is 7.04. The SMILES string of the molecule is CCc1ccc(CC(O)CC2CCCC2)cc1. The molecule has 0 radical (unpaired) electrons. The Balaban J connectivity index is 1.81. The minimum Gasteiger partial charge on any atom is -0.393 e. The summed E-state index contributed by atoms with van der Waals surface area (Å²) in [6.07, 6.45) is 8.13. The molecular weight excluding hydrogens is 208 g/mol. The van der Waals surface area contributed by atoms with Gasteiger partial charge in [-0.2, -0.15) is 0 Å². The lowest BCUT2D eigenvalue weighted by Crippen LogP contribution is -2.14. The molecule has 1 atom stereocenters. The van der Waals surface area contributed by atoms with Gasteiger partial charge in [0.15, 0.2) is 0 Å². The van der Waals surface area contributed by atoms with Crippen LogP contribution in [0.1, 0.15) is 50.2 Å². The van der Waals surface area contributed by atoms with Gasteiger partial charge in [-0.3, -0.25) is 0 Å². The van der Waals surface area contributed by atoms with E-state index in [0.29, 0.717) is 0 Å². The largest absolute Gasteiger partial charge is 0.393 e. The molecule has 0 spiro atoms. The second kappa shape index (κ2) is 6.20. The number of aliphatic hydroxyl groups excluding tert-OH is 1. The topological polar surface area (TPSA) is 20.2 Å². The van der Waals surface area contributed by atoms with E-state index in [-0.39, 0.29) is 6.10 Å². The number of benzene rings is 1. The molecule has 1 saturated carbocycles. The highest BCUT2D eigenvalue weighted by Gasteiger charge is 2.18. The summed E-state index contributed by atoms with van der Waals surface area (Å²) >= 11 is 0. The standard InChI is InChI=1S/C16H24O/c1-2-13-7-9-15(10-8-13)12-16(17)11-14-5-3-4-6-14/h7-10,14,16-17H,2-6,11-12H2,1H3. The first-order valence-electron chi connectivity index (χ1n) is 7.04. The highest BCUT2D eigenvalue weighted by atomic mass is 16.3. The molecule has 1 aromatic rings. The fourth-order valence-electron chi connectivity index (χ4n) is 2.90. The van der Waals surface area contributed by atoms with Crippen molar-refractivity contribution in [1.29, 1.82) is 0 Å². The van der Waals surface area contributed by atoms with Crippen LogP contribution in [-0.4, -0.2) is 11.2 Å². The Morgan fingerprint density at radius 1 is 1.12 bits per heavy atom. The zero-order valence-corrected chi connectivity index (χ0v) is 10.9. The second-order valence-corrected chi connectivity index (χ2v) is 5.41. The minimum absolute atomic E-state index is 0.148. The molecule has 0 bridgehead atoms. The van der Waals surface area contributed by atoms with E-state index in [2.05, 4.69) is 31.2 Å². The monoisotopic (exact) mass is 232 g/mol. The van der Waals surface area contributed by atoms with E-state index in [4.69, 9.17) is 0 Å². The van der Waals surface area contributed by atoms with E-state index >= 15 is 0 Å². The predicted octanol–water partition coefficient (Wildman–Crippen LogP) is 3.73. The summed E-state index contributed by atoms with van der Waals surface area (Å²) in [6.45, 7) is 2.17. The summed E-state index contributed by atoms with van der Waals surface area (Å²) in [5.74, 6) is 0.778. The second-order valence-electron chi connectivity index (χ2n) is 5.41. The molecule has 1 fully saturated rings. The van der Waals surface area contributed by atoms with Crippen LogP contribution in [0, 0.1) is 5.92 Å². The smallest absolute Gasteiger partial charge is 0.0583 e. The molecule has 0 aliphatic heterocycles. The summed E-state index contributed by atoms with van der Waals surface area (Å²) in [6, 6.07) is 8.68. The van der Waals surface area contributed by atoms with Crippen molar-refractivity contribution in [3.63, 3.8) is 0 Å². The third-order valence-corrected chi connectivity index (χ3v) is 3.98. The summed E-state index contributed by atoms with van der Waals surface area (Å²) in [5.41, 5.74) is 2.65. The number of rotatable bonds is 5. The van der Waals surface area contributed by atoms with E-state index in [9.17, 15) is 5.11 Å². The van der Waals surface area contributed by atoms with Gasteiger partial charge in [-0.05, 0) is 36.3 Å². The Hall–Kier alpha value is -0.820. The van der Waals surface area contributed by atoms with Crippen molar-refractivity contribution in [3.05, 3.63) is 35.4 Å². The van der Waals surface area contributed by atoms with Crippen molar-refractivity contribution < 1.29 is 5.11 Å². The Morgan fingerprint density at radius 2 is 1.71 bits per heavy atom. The Kier molecular flexibility index (Phi) is 4.61. The molecule has 0 heterocycles. The number of aliphatic hydroxyl groups is 1. The summed E-state index contributed by atoms with van der Waals surface area (Å²) in [7, 11) is 0. The van der Waals surface area contributed by atoms with Gasteiger partial charge in [-0.1, -0.05) is 56.9 Å². The van der Waals surface area contributed by atoms with Gasteiger partial charge in [0, 0.05) is 0 Å². The normalized spacial score (nSPS) is 18.5. The van der Waals surface area contributed by atoms with Gasteiger partial charge in [0.2, 0.25) is 0 Å². The van der Waals surface area contributed by atoms with Crippen molar-refractivity contribution in [2.24, 2.45) is 5.92 Å². The van der Waals surface area contributed by atoms with Crippen molar-refractivity contribution in [3.8, 4) is 0 Å². The molecule has 2 rings (SSSR count). The van der Waals surface area contributed by atoms with Crippen LogP contribution in [-0.2, 0) is 12.8 Å². The van der Waals surface area contributed by atoms with E-state index < -0.39 is 0 Å². The van der Waals surface area contributed by atoms with Crippen LogP contribution >= 0.6 is 0 Å². The quantitative estimate of drug-likeness (QED) is 0.820. The fraction of sp³-hybridized carbons (Fsp3) is 0.625. The van der Waals surface area contributed by atoms with Crippen molar-refractivity contribution >= 4 is 0 Å². The van der Waals surface area contributed by atoms with Gasteiger partial charge < -0.3 is 5.11 Å². The summed E-state index contributed by atoms with van der Waals surface area (Å²) in [4.78, 5) is 0. The first-order chi connectivity index (χ1) is 8.28. The molecule has 1 aromatic carbocycles. The first kappa shape index (κ1) is 12.6. The predicted molar refractivity (Wildman–Crippen MR) is 72.1 cm³/mol. The molecule has 0 aromatic heterocycles. The van der Waals surface area contributed by atoms with Gasteiger partial charge in [0.05, 0.1) is 6.10 Å². The molecule has 1 unspecified atom stereocenters. The van der Waals surface area contributed by atoms with E-state index in [1.165, 1.54) is 36.8 Å². The molecule has 94 valence electrons. The van der Waals surface area contributed by atoms with Crippen LogP contribution in [0.2, 0.25) is 0 Å². The van der Waals surface area contributed by atoms with E-state index in [0.717, 1.165) is 25.2 Å². The number of aryl methyl sites for hydroxylation is 1. The average molecular weight is 232 g/mol. The zero-order valence-electron chi connectivity index (χ0n) is 10.9. The Morgan fingerprint density at radius 3 is 2.29 bits per heavy atom. The third kappa shape index (κ3) is 3.85. The minimum atomic E-state index is -0.148. The zero-order chi connectivity index (χ0) is 12.1. The van der Waals surface area contributed by atoms with Crippen LogP contribution in [0.25, 0.3) is 0 Å². The van der Waals surface area contributed by atoms with Crippen LogP contribution in [0.3, 0.4) is 0 Å². The van der Waals surface area contributed by atoms with Crippen molar-refractivity contribution in [1.82, 2.24) is 0 Å². The molecule has 1 N–H and O–H groups in total. The molecule has 1 nitrogen and oxygen atoms in total. The van der Waals surface area contributed by atoms with Gasteiger partial charge in [-0.15, -0.1) is 0 Å².